The van der Waals surface area contributed by atoms with Gasteiger partial charge >= 0.3 is 0 Å². The molecule has 0 saturated carbocycles. The molecule has 0 aliphatic heterocycles. The predicted octanol–water partition coefficient (Wildman–Crippen LogP) is 2.72. The average molecular weight is 386 g/mol. The van der Waals surface area contributed by atoms with E-state index < -0.39 is 11.7 Å². The smallest absolute Gasteiger partial charge is 0.275 e. The molecule has 0 fully saturated rings. The monoisotopic (exact) mass is 385 g/mol. The zero-order chi connectivity index (χ0) is 19.0. The zero-order valence-corrected chi connectivity index (χ0v) is 14.9. The average Bonchev–Trinajstić information content (AvgIpc) is 3.26. The van der Waals surface area contributed by atoms with Crippen molar-refractivity contribution < 1.29 is 9.18 Å². The lowest BCUT2D eigenvalue weighted by atomic mass is 10.2. The fourth-order valence-corrected chi connectivity index (χ4v) is 2.86. The van der Waals surface area contributed by atoms with Gasteiger partial charge in [-0.15, -0.1) is 0 Å². The van der Waals surface area contributed by atoms with Crippen LogP contribution in [0.1, 0.15) is 21.7 Å². The Bertz CT molecular complexity index is 1130. The molecular formula is C17H13ClFN7O. The second-order valence-corrected chi connectivity index (χ2v) is 6.21. The molecule has 1 amide bonds. The predicted molar refractivity (Wildman–Crippen MR) is 96.2 cm³/mol. The van der Waals surface area contributed by atoms with E-state index in [-0.39, 0.29) is 12.2 Å². The van der Waals surface area contributed by atoms with Gasteiger partial charge in [-0.3, -0.25) is 9.48 Å². The fourth-order valence-electron chi connectivity index (χ4n) is 2.63. The molecule has 10 heteroatoms. The van der Waals surface area contributed by atoms with Gasteiger partial charge in [0, 0.05) is 28.5 Å². The molecule has 0 atom stereocenters. The lowest BCUT2D eigenvalue weighted by molar-refractivity contribution is 0.101. The normalized spacial score (nSPS) is 11.1. The molecule has 0 unspecified atom stereocenters. The van der Waals surface area contributed by atoms with Crippen LogP contribution in [0.4, 0.5) is 10.2 Å². The third-order valence-electron chi connectivity index (χ3n) is 3.88. The number of nitrogens with one attached hydrogen (secondary N) is 1. The first kappa shape index (κ1) is 17.1. The molecule has 3 heterocycles. The van der Waals surface area contributed by atoms with Gasteiger partial charge in [0.2, 0.25) is 0 Å². The first-order valence-corrected chi connectivity index (χ1v) is 8.34. The van der Waals surface area contributed by atoms with Crippen molar-refractivity contribution in [2.24, 2.45) is 0 Å². The molecule has 0 aliphatic carbocycles. The van der Waals surface area contributed by atoms with Crippen LogP contribution in [-0.2, 0) is 6.54 Å². The molecule has 0 spiro atoms. The SMILES string of the molecule is Cc1cc(C(=O)Nc2ccn(Cc3c(F)cccc3Cl)n2)n2ncnc2n1. The minimum atomic E-state index is -0.413. The lowest BCUT2D eigenvalue weighted by Crippen LogP contribution is -2.18. The molecule has 136 valence electrons. The first-order valence-electron chi connectivity index (χ1n) is 7.96. The molecule has 8 nitrogen and oxygen atoms in total. The van der Waals surface area contributed by atoms with E-state index in [0.29, 0.717) is 27.9 Å². The molecular weight excluding hydrogens is 373 g/mol. The third-order valence-corrected chi connectivity index (χ3v) is 4.23. The summed E-state index contributed by atoms with van der Waals surface area (Å²) in [4.78, 5) is 20.8. The van der Waals surface area contributed by atoms with E-state index in [1.54, 1.807) is 31.3 Å². The van der Waals surface area contributed by atoms with Crippen LogP contribution in [-0.4, -0.2) is 35.3 Å². The largest absolute Gasteiger partial charge is 0.304 e. The first-order chi connectivity index (χ1) is 13.0. The summed E-state index contributed by atoms with van der Waals surface area (Å²) in [7, 11) is 0. The Kier molecular flexibility index (Phi) is 4.28. The van der Waals surface area contributed by atoms with Crippen LogP contribution in [0.15, 0.2) is 42.9 Å². The van der Waals surface area contributed by atoms with Gasteiger partial charge < -0.3 is 5.32 Å². The maximum Gasteiger partial charge on any atom is 0.275 e. The Morgan fingerprint density at radius 3 is 3.00 bits per heavy atom. The van der Waals surface area contributed by atoms with Gasteiger partial charge in [-0.2, -0.15) is 19.7 Å². The highest BCUT2D eigenvalue weighted by atomic mass is 35.5. The minimum Gasteiger partial charge on any atom is -0.304 e. The highest BCUT2D eigenvalue weighted by Gasteiger charge is 2.15. The number of carbonyl (C=O) groups is 1. The summed E-state index contributed by atoms with van der Waals surface area (Å²) in [6, 6.07) is 7.70. The summed E-state index contributed by atoms with van der Waals surface area (Å²) in [5, 5.41) is 11.3. The van der Waals surface area contributed by atoms with Crippen molar-refractivity contribution in [3.05, 3.63) is 70.6 Å². The van der Waals surface area contributed by atoms with Crippen LogP contribution in [0, 0.1) is 12.7 Å². The van der Waals surface area contributed by atoms with Crippen molar-refractivity contribution in [3.8, 4) is 0 Å². The zero-order valence-electron chi connectivity index (χ0n) is 14.1. The Labute approximate surface area is 157 Å². The van der Waals surface area contributed by atoms with E-state index in [1.165, 1.54) is 27.7 Å². The van der Waals surface area contributed by atoms with Gasteiger partial charge in [0.05, 0.1) is 6.54 Å². The number of anilines is 1. The van der Waals surface area contributed by atoms with Gasteiger partial charge in [0.1, 0.15) is 17.8 Å². The maximum atomic E-state index is 13.9. The van der Waals surface area contributed by atoms with Gasteiger partial charge in [-0.1, -0.05) is 17.7 Å². The van der Waals surface area contributed by atoms with Crippen LogP contribution >= 0.6 is 11.6 Å². The van der Waals surface area contributed by atoms with Crippen molar-refractivity contribution in [2.45, 2.75) is 13.5 Å². The number of rotatable bonds is 4. The summed E-state index contributed by atoms with van der Waals surface area (Å²) >= 11 is 6.04. The standard InChI is InChI=1S/C17H13ClFN7O/c1-10-7-14(26-17(22-10)20-9-21-26)16(27)23-15-5-6-25(24-15)8-11-12(18)3-2-4-13(11)19/h2-7,9H,8H2,1H3,(H,23,24,27). The van der Waals surface area contributed by atoms with E-state index in [9.17, 15) is 9.18 Å². The number of aryl methyl sites for hydroxylation is 1. The second-order valence-electron chi connectivity index (χ2n) is 5.81. The van der Waals surface area contributed by atoms with E-state index in [1.807, 2.05) is 0 Å². The summed E-state index contributed by atoms with van der Waals surface area (Å²) in [6.45, 7) is 1.90. The number of benzene rings is 1. The van der Waals surface area contributed by atoms with Crippen LogP contribution < -0.4 is 5.32 Å². The van der Waals surface area contributed by atoms with E-state index in [2.05, 4.69) is 25.5 Å². The second kappa shape index (κ2) is 6.76. The summed E-state index contributed by atoms with van der Waals surface area (Å²) < 4.78 is 16.7. The van der Waals surface area contributed by atoms with Crippen LogP contribution in [0.2, 0.25) is 5.02 Å². The number of carbonyl (C=O) groups excluding carboxylic acids is 1. The Morgan fingerprint density at radius 2 is 2.19 bits per heavy atom. The highest BCUT2D eigenvalue weighted by Crippen LogP contribution is 2.20. The lowest BCUT2D eigenvalue weighted by Gasteiger charge is -2.07. The molecule has 0 saturated heterocycles. The number of fused-ring (bicyclic) bond motifs is 1. The molecule has 4 rings (SSSR count). The topological polar surface area (TPSA) is 90.0 Å². The molecule has 3 aromatic heterocycles. The Hall–Kier alpha value is -3.33. The van der Waals surface area contributed by atoms with Crippen LogP contribution in [0.5, 0.6) is 0 Å². The summed E-state index contributed by atoms with van der Waals surface area (Å²) in [5.41, 5.74) is 1.25. The number of halogens is 2. The van der Waals surface area contributed by atoms with E-state index in [0.717, 1.165) is 0 Å². The molecule has 1 aromatic carbocycles. The van der Waals surface area contributed by atoms with Gasteiger partial charge in [-0.25, -0.2) is 9.37 Å². The van der Waals surface area contributed by atoms with Crippen molar-refractivity contribution in [2.75, 3.05) is 5.32 Å². The molecule has 1 N–H and O–H groups in total. The van der Waals surface area contributed by atoms with Crippen LogP contribution in [0.25, 0.3) is 5.78 Å². The number of nitrogens with zero attached hydrogens (tertiary/aromatic N) is 6. The number of hydrogen-bond donors (Lipinski definition) is 1. The summed E-state index contributed by atoms with van der Waals surface area (Å²) in [6.07, 6.45) is 2.95. The van der Waals surface area contributed by atoms with Crippen LogP contribution in [0.3, 0.4) is 0 Å². The fraction of sp³-hybridized carbons (Fsp3) is 0.118. The Balaban J connectivity index is 1.55. The molecule has 4 aromatic rings. The highest BCUT2D eigenvalue weighted by molar-refractivity contribution is 6.31. The number of hydrogen-bond acceptors (Lipinski definition) is 5. The van der Waals surface area contributed by atoms with Gasteiger partial charge in [-0.05, 0) is 25.1 Å². The number of amides is 1. The third kappa shape index (κ3) is 3.36. The maximum absolute atomic E-state index is 13.9. The van der Waals surface area contributed by atoms with Crippen molar-refractivity contribution in [3.63, 3.8) is 0 Å². The van der Waals surface area contributed by atoms with Crippen molar-refractivity contribution >= 4 is 29.1 Å². The molecule has 0 bridgehead atoms. The van der Waals surface area contributed by atoms with Gasteiger partial charge in [0.25, 0.3) is 11.7 Å². The number of aromatic nitrogens is 6. The van der Waals surface area contributed by atoms with Crippen molar-refractivity contribution in [1.82, 2.24) is 29.4 Å². The summed E-state index contributed by atoms with van der Waals surface area (Å²) in [5.74, 6) is -0.176. The quantitative estimate of drug-likeness (QED) is 0.583. The van der Waals surface area contributed by atoms with Crippen molar-refractivity contribution in [1.29, 1.82) is 0 Å². The van der Waals surface area contributed by atoms with Gasteiger partial charge in [0.15, 0.2) is 5.82 Å². The van der Waals surface area contributed by atoms with E-state index >= 15 is 0 Å². The van der Waals surface area contributed by atoms with E-state index in [4.69, 9.17) is 11.6 Å². The minimum absolute atomic E-state index is 0.142. The molecule has 27 heavy (non-hydrogen) atoms. The molecule has 0 radical (unpaired) electrons. The molecule has 0 aliphatic rings. The Morgan fingerprint density at radius 1 is 1.33 bits per heavy atom.